The molecule has 0 unspecified atom stereocenters. The van der Waals surface area contributed by atoms with E-state index in [9.17, 15) is 14.4 Å². The molecule has 0 aliphatic rings. The maximum absolute atomic E-state index is 11.3. The first-order valence-electron chi connectivity index (χ1n) is 5.99. The van der Waals surface area contributed by atoms with E-state index in [2.05, 4.69) is 15.4 Å². The van der Waals surface area contributed by atoms with E-state index < -0.39 is 5.97 Å². The SMILES string of the molecule is CCOC(=O)CNC(=O)CCCCNC(=O)CN. The molecule has 0 radical (unpaired) electrons. The van der Waals surface area contributed by atoms with Crippen LogP contribution in [0, 0.1) is 0 Å². The van der Waals surface area contributed by atoms with Crippen LogP contribution in [0.2, 0.25) is 0 Å². The van der Waals surface area contributed by atoms with Gasteiger partial charge in [-0.3, -0.25) is 14.4 Å². The van der Waals surface area contributed by atoms with Crippen LogP contribution in [-0.4, -0.2) is 44.0 Å². The number of nitrogens with one attached hydrogen (secondary N) is 2. The largest absolute Gasteiger partial charge is 0.465 e. The van der Waals surface area contributed by atoms with Crippen molar-refractivity contribution >= 4 is 17.8 Å². The summed E-state index contributed by atoms with van der Waals surface area (Å²) in [6, 6.07) is 0. The molecule has 4 N–H and O–H groups in total. The van der Waals surface area contributed by atoms with Crippen molar-refractivity contribution in [3.8, 4) is 0 Å². The van der Waals surface area contributed by atoms with Crippen molar-refractivity contribution in [2.75, 3.05) is 26.2 Å². The van der Waals surface area contributed by atoms with Crippen molar-refractivity contribution in [2.24, 2.45) is 5.73 Å². The Morgan fingerprint density at radius 1 is 1.11 bits per heavy atom. The third-order valence-corrected chi connectivity index (χ3v) is 2.07. The highest BCUT2D eigenvalue weighted by Crippen LogP contribution is 1.93. The third kappa shape index (κ3) is 9.59. The smallest absolute Gasteiger partial charge is 0.325 e. The molecule has 0 saturated heterocycles. The molecule has 18 heavy (non-hydrogen) atoms. The first-order valence-corrected chi connectivity index (χ1v) is 5.99. The molecule has 0 aliphatic carbocycles. The Morgan fingerprint density at radius 2 is 1.83 bits per heavy atom. The Balaban J connectivity index is 3.42. The van der Waals surface area contributed by atoms with E-state index in [1.807, 2.05) is 0 Å². The molecule has 104 valence electrons. The number of rotatable bonds is 9. The van der Waals surface area contributed by atoms with Gasteiger partial charge < -0.3 is 21.1 Å². The van der Waals surface area contributed by atoms with Crippen molar-refractivity contribution in [3.63, 3.8) is 0 Å². The lowest BCUT2D eigenvalue weighted by atomic mass is 10.2. The van der Waals surface area contributed by atoms with Crippen LogP contribution >= 0.6 is 0 Å². The second kappa shape index (κ2) is 10.5. The average Bonchev–Trinajstić information content (AvgIpc) is 2.36. The molecule has 0 aromatic rings. The Bertz CT molecular complexity index is 281. The first kappa shape index (κ1) is 16.4. The highest BCUT2D eigenvalue weighted by atomic mass is 16.5. The second-order valence-electron chi connectivity index (χ2n) is 3.59. The summed E-state index contributed by atoms with van der Waals surface area (Å²) in [6.07, 6.45) is 1.65. The highest BCUT2D eigenvalue weighted by molar-refractivity contribution is 5.81. The van der Waals surface area contributed by atoms with Gasteiger partial charge in [0.25, 0.3) is 0 Å². The zero-order chi connectivity index (χ0) is 13.8. The van der Waals surface area contributed by atoms with E-state index in [1.165, 1.54) is 0 Å². The topological polar surface area (TPSA) is 111 Å². The lowest BCUT2D eigenvalue weighted by Gasteiger charge is -2.05. The Labute approximate surface area is 106 Å². The standard InChI is InChI=1S/C11H21N3O4/c1-2-18-11(17)8-14-9(15)5-3-4-6-13-10(16)7-12/h2-8,12H2,1H3,(H,13,16)(H,14,15). The molecule has 0 aromatic heterocycles. The zero-order valence-electron chi connectivity index (χ0n) is 10.7. The number of hydrogen-bond donors (Lipinski definition) is 3. The van der Waals surface area contributed by atoms with Crippen LogP contribution in [0.15, 0.2) is 0 Å². The van der Waals surface area contributed by atoms with E-state index in [0.717, 1.165) is 0 Å². The van der Waals surface area contributed by atoms with Crippen LogP contribution in [0.4, 0.5) is 0 Å². The lowest BCUT2D eigenvalue weighted by molar-refractivity contribution is -0.143. The van der Waals surface area contributed by atoms with E-state index in [1.54, 1.807) is 6.92 Å². The number of ether oxygens (including phenoxy) is 1. The quantitative estimate of drug-likeness (QED) is 0.360. The number of carbonyl (C=O) groups excluding carboxylic acids is 3. The first-order chi connectivity index (χ1) is 8.60. The van der Waals surface area contributed by atoms with Crippen LogP contribution in [-0.2, 0) is 19.1 Å². The van der Waals surface area contributed by atoms with Gasteiger partial charge in [0.1, 0.15) is 6.54 Å². The molecule has 0 aromatic carbocycles. The summed E-state index contributed by atoms with van der Waals surface area (Å²) >= 11 is 0. The van der Waals surface area contributed by atoms with Gasteiger partial charge in [0.15, 0.2) is 0 Å². The molecule has 0 aliphatic heterocycles. The van der Waals surface area contributed by atoms with Gasteiger partial charge in [0.05, 0.1) is 13.2 Å². The van der Waals surface area contributed by atoms with Crippen LogP contribution in [0.1, 0.15) is 26.2 Å². The lowest BCUT2D eigenvalue weighted by Crippen LogP contribution is -2.32. The minimum absolute atomic E-state index is 0.0278. The predicted molar refractivity (Wildman–Crippen MR) is 65.6 cm³/mol. The van der Waals surface area contributed by atoms with E-state index in [-0.39, 0.29) is 24.9 Å². The molecule has 0 bridgehead atoms. The molecule has 0 fully saturated rings. The van der Waals surface area contributed by atoms with Gasteiger partial charge in [-0.25, -0.2) is 0 Å². The molecular weight excluding hydrogens is 238 g/mol. The fourth-order valence-electron chi connectivity index (χ4n) is 1.18. The van der Waals surface area contributed by atoms with Crippen molar-refractivity contribution < 1.29 is 19.1 Å². The number of nitrogens with two attached hydrogens (primary N) is 1. The summed E-state index contributed by atoms with van der Waals surface area (Å²) < 4.78 is 4.66. The van der Waals surface area contributed by atoms with Crippen LogP contribution in [0.3, 0.4) is 0 Å². The van der Waals surface area contributed by atoms with Gasteiger partial charge in [0, 0.05) is 13.0 Å². The highest BCUT2D eigenvalue weighted by Gasteiger charge is 2.05. The Morgan fingerprint density at radius 3 is 2.44 bits per heavy atom. The summed E-state index contributed by atoms with van der Waals surface area (Å²) in [5.74, 6) is -0.851. The Kier molecular flexibility index (Phi) is 9.57. The number of esters is 1. The minimum atomic E-state index is -0.443. The van der Waals surface area contributed by atoms with Crippen molar-refractivity contribution in [1.29, 1.82) is 0 Å². The molecule has 7 nitrogen and oxygen atoms in total. The maximum atomic E-state index is 11.3. The average molecular weight is 259 g/mol. The summed E-state index contributed by atoms with van der Waals surface area (Å²) in [5.41, 5.74) is 5.11. The van der Waals surface area contributed by atoms with Gasteiger partial charge in [-0.15, -0.1) is 0 Å². The molecule has 0 atom stereocenters. The van der Waals surface area contributed by atoms with E-state index in [4.69, 9.17) is 5.73 Å². The number of unbranched alkanes of at least 4 members (excludes halogenated alkanes) is 1. The number of hydrogen-bond acceptors (Lipinski definition) is 5. The fraction of sp³-hybridized carbons (Fsp3) is 0.727. The monoisotopic (exact) mass is 259 g/mol. The number of carbonyl (C=O) groups is 3. The van der Waals surface area contributed by atoms with Crippen LogP contribution < -0.4 is 16.4 Å². The van der Waals surface area contributed by atoms with Gasteiger partial charge in [-0.2, -0.15) is 0 Å². The van der Waals surface area contributed by atoms with E-state index >= 15 is 0 Å². The minimum Gasteiger partial charge on any atom is -0.465 e. The summed E-state index contributed by atoms with van der Waals surface area (Å²) in [4.78, 5) is 33.0. The number of amides is 2. The molecule has 2 amide bonds. The summed E-state index contributed by atoms with van der Waals surface area (Å²) in [5, 5.41) is 5.06. The Hall–Kier alpha value is -1.63. The molecule has 0 heterocycles. The summed E-state index contributed by atoms with van der Waals surface area (Å²) in [6.45, 7) is 2.38. The van der Waals surface area contributed by atoms with Crippen molar-refractivity contribution in [2.45, 2.75) is 26.2 Å². The molecule has 0 spiro atoms. The normalized spacial score (nSPS) is 9.67. The van der Waals surface area contributed by atoms with Gasteiger partial charge in [-0.1, -0.05) is 0 Å². The fourth-order valence-corrected chi connectivity index (χ4v) is 1.18. The maximum Gasteiger partial charge on any atom is 0.325 e. The van der Waals surface area contributed by atoms with E-state index in [0.29, 0.717) is 32.4 Å². The van der Waals surface area contributed by atoms with Crippen LogP contribution in [0.5, 0.6) is 0 Å². The molecule has 7 heteroatoms. The molecule has 0 rings (SSSR count). The van der Waals surface area contributed by atoms with Crippen LogP contribution in [0.25, 0.3) is 0 Å². The van der Waals surface area contributed by atoms with Crippen molar-refractivity contribution in [3.05, 3.63) is 0 Å². The third-order valence-electron chi connectivity index (χ3n) is 2.07. The van der Waals surface area contributed by atoms with Gasteiger partial charge in [-0.05, 0) is 19.8 Å². The zero-order valence-corrected chi connectivity index (χ0v) is 10.7. The molecular formula is C11H21N3O4. The molecule has 0 saturated carbocycles. The van der Waals surface area contributed by atoms with Crippen molar-refractivity contribution in [1.82, 2.24) is 10.6 Å². The van der Waals surface area contributed by atoms with Gasteiger partial charge >= 0.3 is 5.97 Å². The van der Waals surface area contributed by atoms with Gasteiger partial charge in [0.2, 0.25) is 11.8 Å². The predicted octanol–water partition coefficient (Wildman–Crippen LogP) is -1.09. The second-order valence-corrected chi connectivity index (χ2v) is 3.59. The summed E-state index contributed by atoms with van der Waals surface area (Å²) in [7, 11) is 0.